The van der Waals surface area contributed by atoms with Gasteiger partial charge >= 0.3 is 0 Å². The third-order valence-corrected chi connectivity index (χ3v) is 4.81. The van der Waals surface area contributed by atoms with E-state index >= 15 is 0 Å². The highest BCUT2D eigenvalue weighted by Gasteiger charge is 2.04. The number of pyridine rings is 1. The molecular formula is C19H14N2OS2. The summed E-state index contributed by atoms with van der Waals surface area (Å²) in [4.78, 5) is 18.1. The molecule has 118 valence electrons. The average molecular weight is 350 g/mol. The first-order chi connectivity index (χ1) is 11.8. The van der Waals surface area contributed by atoms with Crippen molar-refractivity contribution in [3.63, 3.8) is 0 Å². The van der Waals surface area contributed by atoms with E-state index in [-0.39, 0.29) is 5.91 Å². The third kappa shape index (κ3) is 4.98. The second-order valence-corrected chi connectivity index (χ2v) is 6.82. The molecule has 3 aromatic rings. The van der Waals surface area contributed by atoms with Gasteiger partial charge in [-0.25, -0.2) is 0 Å². The van der Waals surface area contributed by atoms with Crippen LogP contribution in [-0.2, 0) is 4.79 Å². The van der Waals surface area contributed by atoms with Crippen molar-refractivity contribution in [2.75, 3.05) is 11.1 Å². The minimum Gasteiger partial charge on any atom is -0.325 e. The molecule has 0 saturated carbocycles. The van der Waals surface area contributed by atoms with Gasteiger partial charge in [-0.2, -0.15) is 0 Å². The van der Waals surface area contributed by atoms with Gasteiger partial charge in [-0.05, 0) is 41.8 Å². The van der Waals surface area contributed by atoms with E-state index in [0.29, 0.717) is 5.75 Å². The summed E-state index contributed by atoms with van der Waals surface area (Å²) in [6, 6.07) is 15.3. The van der Waals surface area contributed by atoms with Crippen molar-refractivity contribution in [3.8, 4) is 11.8 Å². The Kier molecular flexibility index (Phi) is 5.67. The highest BCUT2D eigenvalue weighted by atomic mass is 32.2. The smallest absolute Gasteiger partial charge is 0.234 e. The number of thiophene rings is 1. The fourth-order valence-electron chi connectivity index (χ4n) is 1.94. The minimum absolute atomic E-state index is 0.0415. The second kappa shape index (κ2) is 8.34. The van der Waals surface area contributed by atoms with Crippen molar-refractivity contribution in [1.82, 2.24) is 4.98 Å². The van der Waals surface area contributed by atoms with E-state index in [0.717, 1.165) is 21.0 Å². The van der Waals surface area contributed by atoms with Crippen LogP contribution in [0.15, 0.2) is 71.2 Å². The van der Waals surface area contributed by atoms with Crippen molar-refractivity contribution in [1.29, 1.82) is 0 Å². The van der Waals surface area contributed by atoms with E-state index < -0.39 is 0 Å². The molecule has 3 nitrogen and oxygen atoms in total. The van der Waals surface area contributed by atoms with Crippen molar-refractivity contribution in [3.05, 3.63) is 76.7 Å². The molecule has 0 saturated heterocycles. The number of nitrogens with zero attached hydrogens (tertiary/aromatic N) is 1. The van der Waals surface area contributed by atoms with Crippen molar-refractivity contribution < 1.29 is 4.79 Å². The monoisotopic (exact) mass is 350 g/mol. The maximum atomic E-state index is 12.1. The Hall–Kier alpha value is -2.55. The Labute approximate surface area is 149 Å². The largest absolute Gasteiger partial charge is 0.325 e. The summed E-state index contributed by atoms with van der Waals surface area (Å²) in [5.74, 6) is 6.54. The van der Waals surface area contributed by atoms with Crippen molar-refractivity contribution >= 4 is 34.7 Å². The van der Waals surface area contributed by atoms with Gasteiger partial charge in [0.15, 0.2) is 0 Å². The van der Waals surface area contributed by atoms with Gasteiger partial charge in [-0.15, -0.1) is 23.1 Å². The van der Waals surface area contributed by atoms with E-state index in [1.807, 2.05) is 53.9 Å². The highest BCUT2D eigenvalue weighted by molar-refractivity contribution is 8.00. The molecule has 0 radical (unpaired) electrons. The molecule has 5 heteroatoms. The standard InChI is InChI=1S/C19H14N2OS2/c22-19(14-24-18-8-10-20-11-9-18)21-16-4-1-3-15(13-16)6-7-17-5-2-12-23-17/h1-5,8-13H,14H2,(H,21,22). The first kappa shape index (κ1) is 16.3. The maximum Gasteiger partial charge on any atom is 0.234 e. The predicted octanol–water partition coefficient (Wildman–Crippen LogP) is 4.27. The highest BCUT2D eigenvalue weighted by Crippen LogP contribution is 2.17. The predicted molar refractivity (Wildman–Crippen MR) is 100 cm³/mol. The van der Waals surface area contributed by atoms with E-state index in [1.54, 1.807) is 23.7 Å². The number of thioether (sulfide) groups is 1. The number of rotatable bonds is 4. The molecule has 1 amide bonds. The lowest BCUT2D eigenvalue weighted by Gasteiger charge is -2.05. The molecule has 3 rings (SSSR count). The first-order valence-electron chi connectivity index (χ1n) is 7.28. The molecule has 0 unspecified atom stereocenters. The summed E-state index contributed by atoms with van der Waals surface area (Å²) in [5, 5.41) is 4.91. The number of amides is 1. The SMILES string of the molecule is O=C(CSc1ccncc1)Nc1cccc(C#Cc2cccs2)c1. The number of benzene rings is 1. The summed E-state index contributed by atoms with van der Waals surface area (Å²) >= 11 is 3.09. The second-order valence-electron chi connectivity index (χ2n) is 4.83. The van der Waals surface area contributed by atoms with E-state index in [2.05, 4.69) is 22.1 Å². The Morgan fingerprint density at radius 3 is 2.79 bits per heavy atom. The van der Waals surface area contributed by atoms with Crippen LogP contribution in [0.25, 0.3) is 0 Å². The normalized spacial score (nSPS) is 9.83. The van der Waals surface area contributed by atoms with Gasteiger partial charge < -0.3 is 5.32 Å². The van der Waals surface area contributed by atoms with Crippen molar-refractivity contribution in [2.45, 2.75) is 4.90 Å². The summed E-state index contributed by atoms with van der Waals surface area (Å²) in [5.41, 5.74) is 1.64. The third-order valence-electron chi connectivity index (χ3n) is 3.02. The molecule has 0 aliphatic rings. The number of aromatic nitrogens is 1. The van der Waals surface area contributed by atoms with Crippen LogP contribution in [-0.4, -0.2) is 16.6 Å². The minimum atomic E-state index is -0.0415. The average Bonchev–Trinajstić information content (AvgIpc) is 3.13. The quantitative estimate of drug-likeness (QED) is 0.564. The van der Waals surface area contributed by atoms with E-state index in [1.165, 1.54) is 11.8 Å². The van der Waals surface area contributed by atoms with Gasteiger partial charge in [0.1, 0.15) is 0 Å². The topological polar surface area (TPSA) is 42.0 Å². The van der Waals surface area contributed by atoms with Crippen LogP contribution in [0.4, 0.5) is 5.69 Å². The molecule has 2 aromatic heterocycles. The Bertz CT molecular complexity index is 865. The number of hydrogen-bond acceptors (Lipinski definition) is 4. The van der Waals surface area contributed by atoms with Gasteiger partial charge in [-0.1, -0.05) is 24.0 Å². The molecule has 0 bridgehead atoms. The molecule has 0 atom stereocenters. The van der Waals surface area contributed by atoms with Gasteiger partial charge in [0.25, 0.3) is 0 Å². The van der Waals surface area contributed by atoms with Crippen LogP contribution < -0.4 is 5.32 Å². The molecule has 0 aliphatic heterocycles. The number of hydrogen-bond donors (Lipinski definition) is 1. The molecule has 24 heavy (non-hydrogen) atoms. The Morgan fingerprint density at radius 1 is 1.12 bits per heavy atom. The lowest BCUT2D eigenvalue weighted by atomic mass is 10.2. The Morgan fingerprint density at radius 2 is 2.00 bits per heavy atom. The van der Waals surface area contributed by atoms with E-state index in [4.69, 9.17) is 0 Å². The number of nitrogens with one attached hydrogen (secondary N) is 1. The molecule has 1 N–H and O–H groups in total. The summed E-state index contributed by atoms with van der Waals surface area (Å²) < 4.78 is 0. The summed E-state index contributed by atoms with van der Waals surface area (Å²) in [6.07, 6.45) is 3.44. The zero-order chi connectivity index (χ0) is 16.6. The number of carbonyl (C=O) groups is 1. The summed E-state index contributed by atoms with van der Waals surface area (Å²) in [6.45, 7) is 0. The van der Waals surface area contributed by atoms with Crippen LogP contribution in [0.2, 0.25) is 0 Å². The van der Waals surface area contributed by atoms with Gasteiger partial charge in [-0.3, -0.25) is 9.78 Å². The maximum absolute atomic E-state index is 12.1. The van der Waals surface area contributed by atoms with Gasteiger partial charge in [0.05, 0.1) is 10.6 Å². The van der Waals surface area contributed by atoms with Crippen LogP contribution in [0.1, 0.15) is 10.4 Å². The van der Waals surface area contributed by atoms with Gasteiger partial charge in [0, 0.05) is 28.5 Å². The lowest BCUT2D eigenvalue weighted by molar-refractivity contribution is -0.113. The first-order valence-corrected chi connectivity index (χ1v) is 9.14. The van der Waals surface area contributed by atoms with E-state index in [9.17, 15) is 4.79 Å². The van der Waals surface area contributed by atoms with Crippen LogP contribution in [0, 0.1) is 11.8 Å². The molecule has 0 fully saturated rings. The van der Waals surface area contributed by atoms with Crippen LogP contribution in [0.5, 0.6) is 0 Å². The summed E-state index contributed by atoms with van der Waals surface area (Å²) in [7, 11) is 0. The van der Waals surface area contributed by atoms with Crippen LogP contribution >= 0.6 is 23.1 Å². The van der Waals surface area contributed by atoms with Crippen LogP contribution in [0.3, 0.4) is 0 Å². The zero-order valence-corrected chi connectivity index (χ0v) is 14.4. The molecule has 0 aliphatic carbocycles. The Balaban J connectivity index is 1.59. The van der Waals surface area contributed by atoms with Gasteiger partial charge in [0.2, 0.25) is 5.91 Å². The molecular weight excluding hydrogens is 336 g/mol. The molecule has 2 heterocycles. The lowest BCUT2D eigenvalue weighted by Crippen LogP contribution is -2.13. The fraction of sp³-hybridized carbons (Fsp3) is 0.0526. The number of carbonyl (C=O) groups excluding carboxylic acids is 1. The zero-order valence-electron chi connectivity index (χ0n) is 12.7. The molecule has 1 aromatic carbocycles. The number of anilines is 1. The fourth-order valence-corrected chi connectivity index (χ4v) is 3.19. The van der Waals surface area contributed by atoms with Crippen molar-refractivity contribution in [2.24, 2.45) is 0 Å². The molecule has 0 spiro atoms.